The highest BCUT2D eigenvalue weighted by molar-refractivity contribution is 5.94. The van der Waals surface area contributed by atoms with Gasteiger partial charge in [0.1, 0.15) is 5.75 Å². The highest BCUT2D eigenvalue weighted by Gasteiger charge is 2.23. The average molecular weight is 352 g/mol. The fourth-order valence-electron chi connectivity index (χ4n) is 3.16. The number of hydrogen-bond donors (Lipinski definition) is 2. The Balaban J connectivity index is 1.42. The number of anilines is 1. The van der Waals surface area contributed by atoms with Crippen molar-refractivity contribution in [3.8, 4) is 5.75 Å². The van der Waals surface area contributed by atoms with E-state index in [1.807, 2.05) is 42.5 Å². The number of amides is 2. The van der Waals surface area contributed by atoms with Crippen molar-refractivity contribution in [3.63, 3.8) is 0 Å². The summed E-state index contributed by atoms with van der Waals surface area (Å²) in [6, 6.07) is 16.7. The number of hydrogen-bond acceptors (Lipinski definition) is 3. The van der Waals surface area contributed by atoms with Crippen LogP contribution < -0.4 is 15.4 Å². The van der Waals surface area contributed by atoms with E-state index in [1.165, 1.54) is 0 Å². The molecule has 0 unspecified atom stereocenters. The molecule has 1 fully saturated rings. The minimum atomic E-state index is -0.166. The molecule has 3 rings (SSSR count). The largest absolute Gasteiger partial charge is 0.490 e. The number of nitrogens with one attached hydrogen (secondary N) is 2. The number of carbonyl (C=O) groups is 2. The minimum Gasteiger partial charge on any atom is -0.490 e. The number of urea groups is 1. The van der Waals surface area contributed by atoms with Crippen LogP contribution in [0.2, 0.25) is 0 Å². The van der Waals surface area contributed by atoms with Crippen LogP contribution in [0.5, 0.6) is 5.75 Å². The molecule has 5 nitrogen and oxygen atoms in total. The quantitative estimate of drug-likeness (QED) is 0.784. The van der Waals surface area contributed by atoms with Crippen LogP contribution in [-0.2, 0) is 0 Å². The number of Topliss-reactive ketones (excluding diaryl/α,β-unsaturated/α-hetero) is 1. The molecule has 2 aromatic carbocycles. The third kappa shape index (κ3) is 5.09. The van der Waals surface area contributed by atoms with Crippen molar-refractivity contribution in [2.75, 3.05) is 5.32 Å². The summed E-state index contributed by atoms with van der Waals surface area (Å²) < 4.78 is 6.00. The number of carbonyl (C=O) groups excluding carboxylic acids is 2. The molecule has 0 aliphatic heterocycles. The number of ether oxygens (including phenoxy) is 1. The highest BCUT2D eigenvalue weighted by atomic mass is 16.5. The van der Waals surface area contributed by atoms with Gasteiger partial charge in [-0.3, -0.25) is 4.79 Å². The van der Waals surface area contributed by atoms with Crippen molar-refractivity contribution < 1.29 is 14.3 Å². The molecule has 1 aliphatic carbocycles. The van der Waals surface area contributed by atoms with Gasteiger partial charge in [-0.2, -0.15) is 0 Å². The minimum absolute atomic E-state index is 0.0527. The van der Waals surface area contributed by atoms with E-state index in [-0.39, 0.29) is 24.0 Å². The van der Waals surface area contributed by atoms with Crippen LogP contribution in [0.4, 0.5) is 10.5 Å². The monoisotopic (exact) mass is 352 g/mol. The van der Waals surface area contributed by atoms with Crippen molar-refractivity contribution in [2.24, 2.45) is 0 Å². The molecule has 136 valence electrons. The van der Waals surface area contributed by atoms with Crippen molar-refractivity contribution >= 4 is 17.5 Å². The van der Waals surface area contributed by atoms with Crippen molar-refractivity contribution in [2.45, 2.75) is 44.8 Å². The zero-order valence-corrected chi connectivity index (χ0v) is 14.9. The molecule has 0 bridgehead atoms. The highest BCUT2D eigenvalue weighted by Crippen LogP contribution is 2.24. The van der Waals surface area contributed by atoms with Crippen molar-refractivity contribution in [1.29, 1.82) is 0 Å². The summed E-state index contributed by atoms with van der Waals surface area (Å²) in [5.74, 6) is 0.838. The van der Waals surface area contributed by atoms with E-state index in [2.05, 4.69) is 10.6 Å². The number of rotatable bonds is 5. The van der Waals surface area contributed by atoms with Gasteiger partial charge in [0, 0.05) is 17.3 Å². The van der Waals surface area contributed by atoms with Gasteiger partial charge in [0.15, 0.2) is 5.78 Å². The second-order valence-corrected chi connectivity index (χ2v) is 6.64. The first-order valence-electron chi connectivity index (χ1n) is 9.00. The van der Waals surface area contributed by atoms with Crippen LogP contribution in [0.15, 0.2) is 54.6 Å². The molecule has 0 heterocycles. The van der Waals surface area contributed by atoms with E-state index in [0.717, 1.165) is 37.1 Å². The topological polar surface area (TPSA) is 67.4 Å². The van der Waals surface area contributed by atoms with Gasteiger partial charge < -0.3 is 15.4 Å². The maximum Gasteiger partial charge on any atom is 0.319 e. The second kappa shape index (κ2) is 8.52. The van der Waals surface area contributed by atoms with E-state index in [4.69, 9.17) is 4.74 Å². The maximum absolute atomic E-state index is 12.1. The van der Waals surface area contributed by atoms with Crippen LogP contribution in [0, 0.1) is 0 Å². The van der Waals surface area contributed by atoms with Crippen LogP contribution in [0.3, 0.4) is 0 Å². The molecule has 2 aromatic rings. The van der Waals surface area contributed by atoms with Gasteiger partial charge >= 0.3 is 6.03 Å². The van der Waals surface area contributed by atoms with E-state index < -0.39 is 0 Å². The molecule has 5 heteroatoms. The van der Waals surface area contributed by atoms with Crippen molar-refractivity contribution in [1.82, 2.24) is 5.32 Å². The van der Waals surface area contributed by atoms with E-state index >= 15 is 0 Å². The Morgan fingerprint density at radius 3 is 2.19 bits per heavy atom. The van der Waals surface area contributed by atoms with E-state index in [0.29, 0.717) is 5.56 Å². The lowest BCUT2D eigenvalue weighted by atomic mass is 9.93. The van der Waals surface area contributed by atoms with Gasteiger partial charge in [-0.15, -0.1) is 0 Å². The Morgan fingerprint density at radius 1 is 0.923 bits per heavy atom. The number of ketones is 1. The lowest BCUT2D eigenvalue weighted by Crippen LogP contribution is -2.41. The molecular formula is C21H24N2O3. The molecule has 0 atom stereocenters. The predicted octanol–water partition coefficient (Wildman–Crippen LogP) is 4.40. The Morgan fingerprint density at radius 2 is 1.58 bits per heavy atom. The lowest BCUT2D eigenvalue weighted by Gasteiger charge is -2.29. The zero-order chi connectivity index (χ0) is 18.4. The first kappa shape index (κ1) is 18.0. The number of benzene rings is 2. The summed E-state index contributed by atoms with van der Waals surface area (Å²) in [6.45, 7) is 1.55. The third-order valence-corrected chi connectivity index (χ3v) is 4.60. The van der Waals surface area contributed by atoms with Crippen molar-refractivity contribution in [3.05, 3.63) is 60.2 Å². The molecule has 1 saturated carbocycles. The third-order valence-electron chi connectivity index (χ3n) is 4.60. The lowest BCUT2D eigenvalue weighted by molar-refractivity contribution is 0.101. The fourth-order valence-corrected chi connectivity index (χ4v) is 3.16. The standard InChI is InChI=1S/C21H24N2O3/c1-15(24)16-7-11-19(12-8-16)26-20-13-9-18(10-14-20)23-21(25)22-17-5-3-2-4-6-17/h2-8,11-12,18,20H,9-10,13-14H2,1H3,(H2,22,23,25). The number of para-hydroxylation sites is 1. The second-order valence-electron chi connectivity index (χ2n) is 6.64. The van der Waals surface area contributed by atoms with Crippen LogP contribution >= 0.6 is 0 Å². The summed E-state index contributed by atoms with van der Waals surface area (Å²) in [7, 11) is 0. The summed E-state index contributed by atoms with van der Waals surface area (Å²) in [5.41, 5.74) is 1.48. The summed E-state index contributed by atoms with van der Waals surface area (Å²) in [5, 5.41) is 5.87. The SMILES string of the molecule is CC(=O)c1ccc(OC2CCC(NC(=O)Nc3ccccc3)CC2)cc1. The molecule has 2 amide bonds. The first-order chi connectivity index (χ1) is 12.6. The Bertz CT molecular complexity index is 736. The normalized spacial score (nSPS) is 19.4. The summed E-state index contributed by atoms with van der Waals surface area (Å²) >= 11 is 0. The van der Waals surface area contributed by atoms with Crippen LogP contribution in [-0.4, -0.2) is 24.0 Å². The van der Waals surface area contributed by atoms with E-state index in [1.54, 1.807) is 19.1 Å². The Kier molecular flexibility index (Phi) is 5.89. The predicted molar refractivity (Wildman–Crippen MR) is 102 cm³/mol. The van der Waals surface area contributed by atoms with Gasteiger partial charge in [0.25, 0.3) is 0 Å². The maximum atomic E-state index is 12.1. The van der Waals surface area contributed by atoms with Crippen LogP contribution in [0.1, 0.15) is 43.0 Å². The molecule has 26 heavy (non-hydrogen) atoms. The molecule has 0 saturated heterocycles. The average Bonchev–Trinajstić information content (AvgIpc) is 2.64. The summed E-state index contributed by atoms with van der Waals surface area (Å²) in [4.78, 5) is 23.4. The van der Waals surface area contributed by atoms with Gasteiger partial charge in [-0.25, -0.2) is 4.79 Å². The fraction of sp³-hybridized carbons (Fsp3) is 0.333. The van der Waals surface area contributed by atoms with Gasteiger partial charge in [0.2, 0.25) is 0 Å². The van der Waals surface area contributed by atoms with Crippen LogP contribution in [0.25, 0.3) is 0 Å². The Hall–Kier alpha value is -2.82. The van der Waals surface area contributed by atoms with E-state index in [9.17, 15) is 9.59 Å². The molecule has 0 radical (unpaired) electrons. The smallest absolute Gasteiger partial charge is 0.319 e. The Labute approximate surface area is 153 Å². The molecule has 2 N–H and O–H groups in total. The first-order valence-corrected chi connectivity index (χ1v) is 9.00. The molecule has 1 aliphatic rings. The molecule has 0 spiro atoms. The van der Waals surface area contributed by atoms with Gasteiger partial charge in [0.05, 0.1) is 6.10 Å². The van der Waals surface area contributed by atoms with Gasteiger partial charge in [-0.05, 0) is 69.0 Å². The zero-order valence-electron chi connectivity index (χ0n) is 14.9. The van der Waals surface area contributed by atoms with Gasteiger partial charge in [-0.1, -0.05) is 18.2 Å². The summed E-state index contributed by atoms with van der Waals surface area (Å²) in [6.07, 6.45) is 3.71. The molecule has 0 aromatic heterocycles. The molecular weight excluding hydrogens is 328 g/mol.